The van der Waals surface area contributed by atoms with Crippen LogP contribution in [0, 0.1) is 5.92 Å². The minimum atomic E-state index is -0.914. The van der Waals surface area contributed by atoms with E-state index in [1.165, 1.54) is 20.1 Å². The van der Waals surface area contributed by atoms with Gasteiger partial charge >= 0.3 is 0 Å². The summed E-state index contributed by atoms with van der Waals surface area (Å²) in [5.74, 6) is -1.77. The molecule has 1 atom stereocenters. The Kier molecular flexibility index (Phi) is 5.59. The van der Waals surface area contributed by atoms with E-state index < -0.39 is 11.8 Å². The SMILES string of the molecule is CC(=O)C(C(C)=O)C(CC(=O)c1cccc2c1Nc1ccccc1S2)c1ccco1. The van der Waals surface area contributed by atoms with Crippen LogP contribution in [-0.4, -0.2) is 17.3 Å². The summed E-state index contributed by atoms with van der Waals surface area (Å²) in [6.45, 7) is 2.76. The van der Waals surface area contributed by atoms with Crippen molar-refractivity contribution in [3.63, 3.8) is 0 Å². The highest BCUT2D eigenvalue weighted by Crippen LogP contribution is 2.46. The average molecular weight is 420 g/mol. The highest BCUT2D eigenvalue weighted by Gasteiger charge is 2.35. The number of carbonyl (C=O) groups is 3. The van der Waals surface area contributed by atoms with Gasteiger partial charge in [-0.3, -0.25) is 14.4 Å². The first kappa shape index (κ1) is 20.2. The smallest absolute Gasteiger partial charge is 0.165 e. The number of furan rings is 1. The number of anilines is 2. The molecule has 4 rings (SSSR count). The van der Waals surface area contributed by atoms with E-state index in [-0.39, 0.29) is 23.8 Å². The highest BCUT2D eigenvalue weighted by molar-refractivity contribution is 7.99. The number of rotatable bonds is 7. The van der Waals surface area contributed by atoms with Gasteiger partial charge < -0.3 is 9.73 Å². The molecule has 2 heterocycles. The number of benzene rings is 2. The fourth-order valence-electron chi connectivity index (χ4n) is 3.94. The topological polar surface area (TPSA) is 76.4 Å². The first-order valence-corrected chi connectivity index (χ1v) is 10.5. The van der Waals surface area contributed by atoms with Gasteiger partial charge in [0, 0.05) is 27.7 Å². The lowest BCUT2D eigenvalue weighted by molar-refractivity contribution is -0.131. The summed E-state index contributed by atoms with van der Waals surface area (Å²) < 4.78 is 5.50. The normalized spacial score (nSPS) is 13.2. The number of nitrogens with one attached hydrogen (secondary N) is 1. The maximum absolute atomic E-state index is 13.4. The molecular formula is C24H21NO4S. The van der Waals surface area contributed by atoms with Gasteiger partial charge in [0.1, 0.15) is 17.3 Å². The molecule has 1 aromatic heterocycles. The number of ketones is 3. The van der Waals surface area contributed by atoms with Gasteiger partial charge in [0.05, 0.1) is 23.6 Å². The number of Topliss-reactive ketones (excluding diaryl/α,β-unsaturated/α-hetero) is 3. The molecule has 0 amide bonds. The standard InChI is InChI=1S/C24H21NO4S/c1-14(26)23(15(2)27)17(20-9-6-12-29-20)13-19(28)16-7-5-11-22-24(16)25-18-8-3-4-10-21(18)30-22/h3-12,17,23,25H,13H2,1-2H3. The fraction of sp³-hybridized carbons (Fsp3) is 0.208. The lowest BCUT2D eigenvalue weighted by Crippen LogP contribution is -2.28. The third kappa shape index (κ3) is 3.83. The van der Waals surface area contributed by atoms with Crippen molar-refractivity contribution in [2.45, 2.75) is 36.0 Å². The van der Waals surface area contributed by atoms with Crippen LogP contribution < -0.4 is 5.32 Å². The van der Waals surface area contributed by atoms with Gasteiger partial charge in [0.2, 0.25) is 0 Å². The van der Waals surface area contributed by atoms with Crippen molar-refractivity contribution >= 4 is 40.5 Å². The minimum absolute atomic E-state index is 0.00177. The van der Waals surface area contributed by atoms with Crippen LogP contribution in [-0.2, 0) is 9.59 Å². The van der Waals surface area contributed by atoms with Gasteiger partial charge in [-0.25, -0.2) is 0 Å². The molecule has 30 heavy (non-hydrogen) atoms. The molecule has 1 unspecified atom stereocenters. The monoisotopic (exact) mass is 419 g/mol. The predicted octanol–water partition coefficient (Wildman–Crippen LogP) is 5.64. The minimum Gasteiger partial charge on any atom is -0.469 e. The van der Waals surface area contributed by atoms with E-state index in [1.807, 2.05) is 36.4 Å². The Hall–Kier alpha value is -3.12. The van der Waals surface area contributed by atoms with E-state index in [1.54, 1.807) is 30.0 Å². The Morgan fingerprint density at radius 2 is 1.67 bits per heavy atom. The van der Waals surface area contributed by atoms with Gasteiger partial charge in [-0.2, -0.15) is 0 Å². The van der Waals surface area contributed by atoms with Gasteiger partial charge in [-0.15, -0.1) is 0 Å². The van der Waals surface area contributed by atoms with Crippen LogP contribution in [0.25, 0.3) is 0 Å². The largest absolute Gasteiger partial charge is 0.469 e. The van der Waals surface area contributed by atoms with Gasteiger partial charge in [0.15, 0.2) is 5.78 Å². The van der Waals surface area contributed by atoms with Gasteiger partial charge in [-0.05, 0) is 50.2 Å². The van der Waals surface area contributed by atoms with Crippen molar-refractivity contribution in [2.24, 2.45) is 5.92 Å². The summed E-state index contributed by atoms with van der Waals surface area (Å²) in [7, 11) is 0. The lowest BCUT2D eigenvalue weighted by Gasteiger charge is -2.24. The number of hydrogen-bond donors (Lipinski definition) is 1. The third-order valence-electron chi connectivity index (χ3n) is 5.29. The van der Waals surface area contributed by atoms with Crippen molar-refractivity contribution in [1.29, 1.82) is 0 Å². The zero-order valence-corrected chi connectivity index (χ0v) is 17.5. The molecule has 6 heteroatoms. The van der Waals surface area contributed by atoms with Crippen LogP contribution in [0.1, 0.15) is 42.3 Å². The molecule has 2 aromatic carbocycles. The number of fused-ring (bicyclic) bond motifs is 2. The third-order valence-corrected chi connectivity index (χ3v) is 6.42. The Morgan fingerprint density at radius 1 is 0.933 bits per heavy atom. The van der Waals surface area contributed by atoms with Crippen molar-refractivity contribution in [3.05, 3.63) is 72.2 Å². The van der Waals surface area contributed by atoms with Gasteiger partial charge in [-0.1, -0.05) is 30.0 Å². The maximum Gasteiger partial charge on any atom is 0.165 e. The molecule has 0 spiro atoms. The summed E-state index contributed by atoms with van der Waals surface area (Å²) in [6.07, 6.45) is 1.49. The van der Waals surface area contributed by atoms with Crippen molar-refractivity contribution in [1.82, 2.24) is 0 Å². The quantitative estimate of drug-likeness (QED) is 0.309. The van der Waals surface area contributed by atoms with Crippen molar-refractivity contribution in [3.8, 4) is 0 Å². The van der Waals surface area contributed by atoms with Crippen molar-refractivity contribution in [2.75, 3.05) is 5.32 Å². The molecule has 152 valence electrons. The molecule has 1 N–H and O–H groups in total. The van der Waals surface area contributed by atoms with E-state index in [9.17, 15) is 14.4 Å². The van der Waals surface area contributed by atoms with Crippen LogP contribution >= 0.6 is 11.8 Å². The number of hydrogen-bond acceptors (Lipinski definition) is 6. The van der Waals surface area contributed by atoms with Crippen LogP contribution in [0.15, 0.2) is 75.1 Å². The van der Waals surface area contributed by atoms with E-state index in [2.05, 4.69) is 5.32 Å². The van der Waals surface area contributed by atoms with E-state index in [0.29, 0.717) is 11.3 Å². The number of carbonyl (C=O) groups excluding carboxylic acids is 3. The van der Waals surface area contributed by atoms with E-state index in [0.717, 1.165) is 21.2 Å². The van der Waals surface area contributed by atoms with Gasteiger partial charge in [0.25, 0.3) is 0 Å². The second-order valence-electron chi connectivity index (χ2n) is 7.35. The summed E-state index contributed by atoms with van der Waals surface area (Å²) >= 11 is 1.61. The molecule has 0 saturated carbocycles. The summed E-state index contributed by atoms with van der Waals surface area (Å²) in [5.41, 5.74) is 2.24. The molecule has 3 aromatic rings. The lowest BCUT2D eigenvalue weighted by atomic mass is 9.80. The highest BCUT2D eigenvalue weighted by atomic mass is 32.2. The van der Waals surface area contributed by atoms with Crippen LogP contribution in [0.2, 0.25) is 0 Å². The zero-order chi connectivity index (χ0) is 21.3. The molecule has 5 nitrogen and oxygen atoms in total. The molecule has 0 fully saturated rings. The zero-order valence-electron chi connectivity index (χ0n) is 16.7. The Balaban J connectivity index is 1.68. The Bertz CT molecular complexity index is 1110. The first-order valence-electron chi connectivity index (χ1n) is 9.70. The van der Waals surface area contributed by atoms with Crippen LogP contribution in [0.4, 0.5) is 11.4 Å². The second-order valence-corrected chi connectivity index (χ2v) is 8.43. The molecule has 0 aliphatic carbocycles. The van der Waals surface area contributed by atoms with E-state index >= 15 is 0 Å². The van der Waals surface area contributed by atoms with Crippen LogP contribution in [0.5, 0.6) is 0 Å². The van der Waals surface area contributed by atoms with Crippen molar-refractivity contribution < 1.29 is 18.8 Å². The first-order chi connectivity index (χ1) is 14.5. The fourth-order valence-corrected chi connectivity index (χ4v) is 4.96. The Morgan fingerprint density at radius 3 is 2.37 bits per heavy atom. The summed E-state index contributed by atoms with van der Waals surface area (Å²) in [6, 6.07) is 16.9. The molecule has 1 aliphatic heterocycles. The molecule has 0 radical (unpaired) electrons. The molecule has 1 aliphatic rings. The Labute approximate surface area is 178 Å². The van der Waals surface area contributed by atoms with Crippen LogP contribution in [0.3, 0.4) is 0 Å². The van der Waals surface area contributed by atoms with E-state index in [4.69, 9.17) is 4.42 Å². The number of para-hydroxylation sites is 2. The second kappa shape index (κ2) is 8.32. The maximum atomic E-state index is 13.4. The molecule has 0 saturated heterocycles. The summed E-state index contributed by atoms with van der Waals surface area (Å²) in [4.78, 5) is 39.9. The molecule has 0 bridgehead atoms. The summed E-state index contributed by atoms with van der Waals surface area (Å²) in [5, 5.41) is 3.37. The molecular weight excluding hydrogens is 398 g/mol. The average Bonchev–Trinajstić information content (AvgIpc) is 3.25. The predicted molar refractivity (Wildman–Crippen MR) is 116 cm³/mol.